The molecule has 1 aromatic rings. The van der Waals surface area contributed by atoms with Crippen LogP contribution in [-0.2, 0) is 6.42 Å². The van der Waals surface area contributed by atoms with Gasteiger partial charge in [-0.3, -0.25) is 4.79 Å². The van der Waals surface area contributed by atoms with Crippen LogP contribution in [0.5, 0.6) is 0 Å². The van der Waals surface area contributed by atoms with Crippen molar-refractivity contribution in [3.05, 3.63) is 27.9 Å². The van der Waals surface area contributed by atoms with Gasteiger partial charge in [-0.15, -0.1) is 0 Å². The number of H-pyrrole nitrogens is 1. The van der Waals surface area contributed by atoms with E-state index < -0.39 is 0 Å². The Morgan fingerprint density at radius 1 is 1.46 bits per heavy atom. The molecule has 1 N–H and O–H groups in total. The van der Waals surface area contributed by atoms with E-state index in [2.05, 4.69) is 23.2 Å². The van der Waals surface area contributed by atoms with E-state index in [0.717, 1.165) is 30.5 Å². The molecule has 0 saturated heterocycles. The quantitative estimate of drug-likeness (QED) is 0.714. The Morgan fingerprint density at radius 3 is 2.85 bits per heavy atom. The number of hydrogen-bond donors (Lipinski definition) is 1. The van der Waals surface area contributed by atoms with Gasteiger partial charge in [0.1, 0.15) is 0 Å². The van der Waals surface area contributed by atoms with E-state index in [-0.39, 0.29) is 5.56 Å². The molecule has 0 aliphatic carbocycles. The molecule has 0 saturated carbocycles. The minimum Gasteiger partial charge on any atom is -0.340 e. The molecule has 71 valence electrons. The lowest BCUT2D eigenvalue weighted by Crippen LogP contribution is -2.15. The van der Waals surface area contributed by atoms with Gasteiger partial charge < -0.3 is 4.98 Å². The van der Waals surface area contributed by atoms with Gasteiger partial charge in [-0.25, -0.2) is 0 Å². The summed E-state index contributed by atoms with van der Waals surface area (Å²) in [7, 11) is 0. The van der Waals surface area contributed by atoms with Crippen LogP contribution >= 0.6 is 0 Å². The number of aromatic amines is 1. The van der Waals surface area contributed by atoms with E-state index in [4.69, 9.17) is 0 Å². The lowest BCUT2D eigenvalue weighted by atomic mass is 10.1. The fourth-order valence-corrected chi connectivity index (χ4v) is 1.31. The Hall–Kier alpha value is -1.12. The van der Waals surface area contributed by atoms with Crippen LogP contribution in [0.2, 0.25) is 0 Å². The van der Waals surface area contributed by atoms with Gasteiger partial charge in [-0.05, 0) is 19.8 Å². The van der Waals surface area contributed by atoms with Crippen LogP contribution in [0.3, 0.4) is 0 Å². The van der Waals surface area contributed by atoms with Crippen molar-refractivity contribution < 1.29 is 0 Å². The molecular weight excluding hydrogens is 164 g/mol. The van der Waals surface area contributed by atoms with Gasteiger partial charge in [0.05, 0.1) is 0 Å². The van der Waals surface area contributed by atoms with Crippen LogP contribution in [0.4, 0.5) is 0 Å². The molecule has 1 aromatic heterocycles. The maximum absolute atomic E-state index is 11.3. The highest BCUT2D eigenvalue weighted by Gasteiger charge is 2.03. The highest BCUT2D eigenvalue weighted by Crippen LogP contribution is 2.04. The molecule has 0 aromatic carbocycles. The summed E-state index contributed by atoms with van der Waals surface area (Å²) >= 11 is 0. The zero-order chi connectivity index (χ0) is 9.68. The van der Waals surface area contributed by atoms with Gasteiger partial charge in [0.25, 0.3) is 5.56 Å². The third-order valence-corrected chi connectivity index (χ3v) is 2.14. The second-order valence-electron chi connectivity index (χ2n) is 3.21. The van der Waals surface area contributed by atoms with Crippen molar-refractivity contribution in [3.8, 4) is 0 Å². The number of aromatic nitrogens is 2. The molecule has 13 heavy (non-hydrogen) atoms. The largest absolute Gasteiger partial charge is 0.340 e. The minimum absolute atomic E-state index is 0.132. The molecule has 0 aliphatic heterocycles. The molecule has 0 unspecified atom stereocenters. The van der Waals surface area contributed by atoms with Crippen molar-refractivity contribution in [1.29, 1.82) is 0 Å². The van der Waals surface area contributed by atoms with Crippen LogP contribution in [0.1, 0.15) is 37.4 Å². The SMILES string of the molecule is CCCCCc1c(C)[nH][c]nc1=O. The van der Waals surface area contributed by atoms with E-state index in [1.165, 1.54) is 6.42 Å². The first-order chi connectivity index (χ1) is 6.25. The standard InChI is InChI=1S/C10H15N2O/c1-3-4-5-6-9-8(2)11-7-12-10(9)13/h3-6H2,1-2H3,(H,11,12,13). The van der Waals surface area contributed by atoms with Gasteiger partial charge in [0.15, 0.2) is 6.33 Å². The Morgan fingerprint density at radius 2 is 2.23 bits per heavy atom. The van der Waals surface area contributed by atoms with E-state index in [9.17, 15) is 4.79 Å². The monoisotopic (exact) mass is 179 g/mol. The number of hydrogen-bond acceptors (Lipinski definition) is 2. The maximum Gasteiger partial charge on any atom is 0.276 e. The van der Waals surface area contributed by atoms with Crippen molar-refractivity contribution in [3.63, 3.8) is 0 Å². The zero-order valence-corrected chi connectivity index (χ0v) is 8.18. The molecule has 1 rings (SSSR count). The molecule has 0 spiro atoms. The Kier molecular flexibility index (Phi) is 3.68. The number of rotatable bonds is 4. The van der Waals surface area contributed by atoms with E-state index in [1.807, 2.05) is 6.92 Å². The predicted molar refractivity (Wildman–Crippen MR) is 51.7 cm³/mol. The molecule has 3 heteroatoms. The molecule has 1 heterocycles. The number of nitrogens with one attached hydrogen (secondary N) is 1. The highest BCUT2D eigenvalue weighted by molar-refractivity contribution is 5.13. The zero-order valence-electron chi connectivity index (χ0n) is 8.18. The molecule has 0 aliphatic rings. The van der Waals surface area contributed by atoms with Crippen LogP contribution in [0.15, 0.2) is 4.79 Å². The summed E-state index contributed by atoms with van der Waals surface area (Å²) in [6, 6.07) is 0. The third-order valence-electron chi connectivity index (χ3n) is 2.14. The van der Waals surface area contributed by atoms with Crippen molar-refractivity contribution in [1.82, 2.24) is 9.97 Å². The topological polar surface area (TPSA) is 45.8 Å². The van der Waals surface area contributed by atoms with E-state index in [1.54, 1.807) is 0 Å². The first kappa shape index (κ1) is 9.96. The lowest BCUT2D eigenvalue weighted by Gasteiger charge is -2.01. The second kappa shape index (κ2) is 4.80. The molecule has 3 nitrogen and oxygen atoms in total. The van der Waals surface area contributed by atoms with Crippen molar-refractivity contribution in [2.45, 2.75) is 39.5 Å². The molecule has 1 radical (unpaired) electrons. The Balaban J connectivity index is 2.70. The van der Waals surface area contributed by atoms with Gasteiger partial charge in [-0.1, -0.05) is 19.8 Å². The number of unbranched alkanes of at least 4 members (excludes halogenated alkanes) is 2. The predicted octanol–water partition coefficient (Wildman–Crippen LogP) is 1.61. The normalized spacial score (nSPS) is 10.3. The molecule has 0 amide bonds. The third kappa shape index (κ3) is 2.68. The van der Waals surface area contributed by atoms with Gasteiger partial charge in [0.2, 0.25) is 0 Å². The second-order valence-corrected chi connectivity index (χ2v) is 3.21. The van der Waals surface area contributed by atoms with Gasteiger partial charge in [0, 0.05) is 11.3 Å². The summed E-state index contributed by atoms with van der Waals surface area (Å²) in [5.74, 6) is 0. The van der Waals surface area contributed by atoms with Crippen LogP contribution in [0, 0.1) is 13.3 Å². The summed E-state index contributed by atoms with van der Waals surface area (Å²) in [5, 5.41) is 0. The average Bonchev–Trinajstić information content (AvgIpc) is 2.10. The Bertz CT molecular complexity index is 317. The average molecular weight is 179 g/mol. The first-order valence-corrected chi connectivity index (χ1v) is 4.71. The van der Waals surface area contributed by atoms with Crippen LogP contribution in [0.25, 0.3) is 0 Å². The van der Waals surface area contributed by atoms with Gasteiger partial charge >= 0.3 is 0 Å². The number of aryl methyl sites for hydroxylation is 1. The van der Waals surface area contributed by atoms with E-state index in [0.29, 0.717) is 0 Å². The Labute approximate surface area is 78.2 Å². The highest BCUT2D eigenvalue weighted by atomic mass is 16.1. The molecular formula is C10H15N2O. The summed E-state index contributed by atoms with van der Waals surface area (Å²) in [6.07, 6.45) is 6.70. The fourth-order valence-electron chi connectivity index (χ4n) is 1.31. The van der Waals surface area contributed by atoms with Crippen molar-refractivity contribution in [2.75, 3.05) is 0 Å². The summed E-state index contributed by atoms with van der Waals surface area (Å²) in [6.45, 7) is 4.04. The maximum atomic E-state index is 11.3. The fraction of sp³-hybridized carbons (Fsp3) is 0.600. The lowest BCUT2D eigenvalue weighted by molar-refractivity contribution is 0.706. The van der Waals surface area contributed by atoms with E-state index >= 15 is 0 Å². The number of nitrogens with zero attached hydrogens (tertiary/aromatic N) is 1. The van der Waals surface area contributed by atoms with Crippen LogP contribution < -0.4 is 5.56 Å². The summed E-state index contributed by atoms with van der Waals surface area (Å²) < 4.78 is 0. The molecule has 0 fully saturated rings. The summed E-state index contributed by atoms with van der Waals surface area (Å²) in [4.78, 5) is 17.7. The van der Waals surface area contributed by atoms with Crippen LogP contribution in [-0.4, -0.2) is 9.97 Å². The van der Waals surface area contributed by atoms with Gasteiger partial charge in [-0.2, -0.15) is 4.98 Å². The smallest absolute Gasteiger partial charge is 0.276 e. The van der Waals surface area contributed by atoms with Crippen molar-refractivity contribution in [2.24, 2.45) is 0 Å². The van der Waals surface area contributed by atoms with Crippen molar-refractivity contribution >= 4 is 0 Å². The minimum atomic E-state index is -0.132. The molecule has 0 atom stereocenters. The molecule has 0 bridgehead atoms. The first-order valence-electron chi connectivity index (χ1n) is 4.71. The summed E-state index contributed by atoms with van der Waals surface area (Å²) in [5.41, 5.74) is 1.58.